The highest BCUT2D eigenvalue weighted by Gasteiger charge is 2.36. The van der Waals surface area contributed by atoms with Gasteiger partial charge in [0, 0.05) is 23.0 Å². The summed E-state index contributed by atoms with van der Waals surface area (Å²) in [4.78, 5) is 22.0. The van der Waals surface area contributed by atoms with Crippen LogP contribution in [-0.4, -0.2) is 21.6 Å². The minimum Gasteiger partial charge on any atom is -0.273 e. The molecule has 6 heteroatoms. The zero-order valence-corrected chi connectivity index (χ0v) is 11.4. The third-order valence-corrected chi connectivity index (χ3v) is 4.35. The molecule has 0 aliphatic carbocycles. The number of anilines is 1. The molecule has 1 aromatic heterocycles. The number of benzene rings is 1. The number of thioether (sulfide) groups is 1. The molecule has 1 aliphatic rings. The van der Waals surface area contributed by atoms with Crippen LogP contribution >= 0.6 is 23.4 Å². The summed E-state index contributed by atoms with van der Waals surface area (Å²) in [7, 11) is 0. The molecule has 1 saturated heterocycles. The van der Waals surface area contributed by atoms with Gasteiger partial charge in [-0.25, -0.2) is 9.97 Å². The van der Waals surface area contributed by atoms with E-state index in [1.165, 1.54) is 11.8 Å². The zero-order chi connectivity index (χ0) is 13.2. The second kappa shape index (κ2) is 5.19. The Balaban J connectivity index is 2.02. The molecule has 19 heavy (non-hydrogen) atoms. The van der Waals surface area contributed by atoms with Gasteiger partial charge in [-0.15, -0.1) is 11.8 Å². The molecule has 1 atom stereocenters. The zero-order valence-electron chi connectivity index (χ0n) is 9.86. The second-order valence-electron chi connectivity index (χ2n) is 4.00. The van der Waals surface area contributed by atoms with Crippen molar-refractivity contribution in [2.75, 3.05) is 10.7 Å². The van der Waals surface area contributed by atoms with E-state index in [-0.39, 0.29) is 11.3 Å². The average Bonchev–Trinajstić information content (AvgIpc) is 2.82. The van der Waals surface area contributed by atoms with Crippen molar-refractivity contribution in [3.05, 3.63) is 53.3 Å². The van der Waals surface area contributed by atoms with Crippen molar-refractivity contribution in [3.8, 4) is 0 Å². The molecular weight excluding hydrogens is 282 g/mol. The van der Waals surface area contributed by atoms with E-state index in [1.807, 2.05) is 24.3 Å². The minimum absolute atomic E-state index is 0.00104. The van der Waals surface area contributed by atoms with Gasteiger partial charge in [-0.2, -0.15) is 0 Å². The molecule has 4 nitrogen and oxygen atoms in total. The normalized spacial score (nSPS) is 18.9. The van der Waals surface area contributed by atoms with Gasteiger partial charge in [-0.1, -0.05) is 29.8 Å². The standard InChI is InChI=1S/C13H10ClN3OS/c14-10-5-2-1-4-9(10)12-17(11(18)8-19-12)13-15-6-3-7-16-13/h1-7,12H,8H2. The first-order chi connectivity index (χ1) is 9.27. The molecule has 0 radical (unpaired) electrons. The molecule has 96 valence electrons. The number of carbonyl (C=O) groups is 1. The fourth-order valence-electron chi connectivity index (χ4n) is 1.96. The van der Waals surface area contributed by atoms with Crippen LogP contribution in [0.4, 0.5) is 5.95 Å². The highest BCUT2D eigenvalue weighted by molar-refractivity contribution is 8.00. The quantitative estimate of drug-likeness (QED) is 0.853. The predicted molar refractivity (Wildman–Crippen MR) is 76.2 cm³/mol. The van der Waals surface area contributed by atoms with Crippen LogP contribution in [0.2, 0.25) is 5.02 Å². The van der Waals surface area contributed by atoms with E-state index in [4.69, 9.17) is 11.6 Å². The second-order valence-corrected chi connectivity index (χ2v) is 5.47. The van der Waals surface area contributed by atoms with E-state index in [0.717, 1.165) is 5.56 Å². The summed E-state index contributed by atoms with van der Waals surface area (Å²) in [6.45, 7) is 0. The largest absolute Gasteiger partial charge is 0.273 e. The molecule has 3 rings (SSSR count). The number of halogens is 1. The SMILES string of the molecule is O=C1CSC(c2ccccc2Cl)N1c1ncccn1. The topological polar surface area (TPSA) is 46.1 Å². The number of carbonyl (C=O) groups excluding carboxylic acids is 1. The summed E-state index contributed by atoms with van der Waals surface area (Å²) in [5, 5.41) is 0.485. The van der Waals surface area contributed by atoms with E-state index < -0.39 is 0 Å². The van der Waals surface area contributed by atoms with Crippen molar-refractivity contribution in [2.45, 2.75) is 5.37 Å². The smallest absolute Gasteiger partial charge is 0.240 e. The van der Waals surface area contributed by atoms with Crippen LogP contribution in [0.15, 0.2) is 42.7 Å². The van der Waals surface area contributed by atoms with Crippen molar-refractivity contribution in [3.63, 3.8) is 0 Å². The first-order valence-electron chi connectivity index (χ1n) is 5.72. The molecule has 2 heterocycles. The van der Waals surface area contributed by atoms with E-state index >= 15 is 0 Å². The Morgan fingerprint density at radius 1 is 1.21 bits per heavy atom. The summed E-state index contributed by atoms with van der Waals surface area (Å²) in [5.74, 6) is 0.831. The Bertz CT molecular complexity index is 608. The minimum atomic E-state index is -0.163. The van der Waals surface area contributed by atoms with Crippen molar-refractivity contribution in [1.29, 1.82) is 0 Å². The summed E-state index contributed by atoms with van der Waals surface area (Å²) in [6.07, 6.45) is 3.25. The lowest BCUT2D eigenvalue weighted by Crippen LogP contribution is -2.29. The van der Waals surface area contributed by atoms with Crippen LogP contribution in [0.25, 0.3) is 0 Å². The van der Waals surface area contributed by atoms with Gasteiger partial charge < -0.3 is 0 Å². The van der Waals surface area contributed by atoms with Crippen LogP contribution in [0, 0.1) is 0 Å². The maximum absolute atomic E-state index is 12.1. The number of nitrogens with zero attached hydrogens (tertiary/aromatic N) is 3. The Hall–Kier alpha value is -1.59. The van der Waals surface area contributed by atoms with Crippen molar-refractivity contribution in [1.82, 2.24) is 9.97 Å². The van der Waals surface area contributed by atoms with E-state index in [1.54, 1.807) is 23.4 Å². The van der Waals surface area contributed by atoms with Crippen LogP contribution in [0.3, 0.4) is 0 Å². The van der Waals surface area contributed by atoms with Crippen molar-refractivity contribution in [2.24, 2.45) is 0 Å². The molecule has 2 aromatic rings. The van der Waals surface area contributed by atoms with Gasteiger partial charge >= 0.3 is 0 Å². The molecule has 1 aromatic carbocycles. The first kappa shape index (κ1) is 12.4. The maximum Gasteiger partial charge on any atom is 0.240 e. The molecule has 1 amide bonds. The fraction of sp³-hybridized carbons (Fsp3) is 0.154. The van der Waals surface area contributed by atoms with E-state index in [9.17, 15) is 4.79 Å². The summed E-state index contributed by atoms with van der Waals surface area (Å²) >= 11 is 7.75. The van der Waals surface area contributed by atoms with E-state index in [2.05, 4.69) is 9.97 Å². The summed E-state index contributed by atoms with van der Waals surface area (Å²) < 4.78 is 0. The maximum atomic E-state index is 12.1. The van der Waals surface area contributed by atoms with E-state index in [0.29, 0.717) is 16.7 Å². The highest BCUT2D eigenvalue weighted by atomic mass is 35.5. The molecule has 1 unspecified atom stereocenters. The monoisotopic (exact) mass is 291 g/mol. The molecule has 0 N–H and O–H groups in total. The average molecular weight is 292 g/mol. The highest BCUT2D eigenvalue weighted by Crippen LogP contribution is 2.42. The molecule has 0 saturated carbocycles. The lowest BCUT2D eigenvalue weighted by molar-refractivity contribution is -0.115. The van der Waals surface area contributed by atoms with Gasteiger partial charge in [-0.3, -0.25) is 9.69 Å². The fourth-order valence-corrected chi connectivity index (χ4v) is 3.45. The predicted octanol–water partition coefficient (Wildman–Crippen LogP) is 2.91. The third-order valence-electron chi connectivity index (χ3n) is 2.81. The van der Waals surface area contributed by atoms with Gasteiger partial charge in [-0.05, 0) is 12.1 Å². The lowest BCUT2D eigenvalue weighted by atomic mass is 10.2. The lowest BCUT2D eigenvalue weighted by Gasteiger charge is -2.22. The molecule has 0 spiro atoms. The summed E-state index contributed by atoms with van der Waals surface area (Å²) in [6, 6.07) is 9.26. The van der Waals surface area contributed by atoms with Gasteiger partial charge in [0.2, 0.25) is 11.9 Å². The Kier molecular flexibility index (Phi) is 3.40. The van der Waals surface area contributed by atoms with Crippen molar-refractivity contribution < 1.29 is 4.79 Å². The third kappa shape index (κ3) is 2.31. The van der Waals surface area contributed by atoms with Crippen LogP contribution in [0.1, 0.15) is 10.9 Å². The molecular formula is C13H10ClN3OS. The van der Waals surface area contributed by atoms with Gasteiger partial charge in [0.1, 0.15) is 5.37 Å². The Morgan fingerprint density at radius 2 is 1.95 bits per heavy atom. The van der Waals surface area contributed by atoms with Crippen LogP contribution in [-0.2, 0) is 4.79 Å². The van der Waals surface area contributed by atoms with Gasteiger partial charge in [0.15, 0.2) is 0 Å². The Morgan fingerprint density at radius 3 is 2.68 bits per heavy atom. The first-order valence-corrected chi connectivity index (χ1v) is 7.15. The van der Waals surface area contributed by atoms with Crippen LogP contribution in [0.5, 0.6) is 0 Å². The number of aromatic nitrogens is 2. The Labute approximate surface area is 119 Å². The molecule has 1 aliphatic heterocycles. The number of hydrogen-bond acceptors (Lipinski definition) is 4. The van der Waals surface area contributed by atoms with Gasteiger partial charge in [0.05, 0.1) is 5.75 Å². The number of hydrogen-bond donors (Lipinski definition) is 0. The number of amides is 1. The molecule has 1 fully saturated rings. The van der Waals surface area contributed by atoms with Crippen molar-refractivity contribution >= 4 is 35.2 Å². The van der Waals surface area contributed by atoms with Gasteiger partial charge in [0.25, 0.3) is 0 Å². The molecule has 0 bridgehead atoms. The number of rotatable bonds is 2. The van der Waals surface area contributed by atoms with Crippen LogP contribution < -0.4 is 4.90 Å². The summed E-state index contributed by atoms with van der Waals surface area (Å²) in [5.41, 5.74) is 0.910.